The molecule has 4 nitrogen and oxygen atoms in total. The Balaban J connectivity index is 1.70. The molecule has 3 N–H and O–H groups in total. The van der Waals surface area contributed by atoms with Crippen molar-refractivity contribution in [1.82, 2.24) is 5.32 Å². The van der Waals surface area contributed by atoms with E-state index >= 15 is 0 Å². The van der Waals surface area contributed by atoms with Crippen LogP contribution in [0.2, 0.25) is 0 Å². The van der Waals surface area contributed by atoms with Crippen LogP contribution in [0.15, 0.2) is 59.9 Å². The fraction of sp³-hybridized carbons (Fsp3) is 0.222. The first kappa shape index (κ1) is 13.2. The van der Waals surface area contributed by atoms with Gasteiger partial charge in [0.25, 0.3) is 0 Å². The molecular formula is C18H17N3O. The van der Waals surface area contributed by atoms with Crippen LogP contribution in [0.25, 0.3) is 0 Å². The Morgan fingerprint density at radius 3 is 2.91 bits per heavy atom. The van der Waals surface area contributed by atoms with Crippen molar-refractivity contribution in [2.45, 2.75) is 19.2 Å². The number of rotatable bonds is 2. The van der Waals surface area contributed by atoms with E-state index in [0.717, 1.165) is 17.7 Å². The second kappa shape index (κ2) is 5.07. The molecule has 3 aliphatic rings. The van der Waals surface area contributed by atoms with Crippen molar-refractivity contribution >= 4 is 11.4 Å². The maximum Gasteiger partial charge on any atom is 0.177 e. The Bertz CT molecular complexity index is 757. The van der Waals surface area contributed by atoms with Crippen LogP contribution in [-0.2, 0) is 11.3 Å². The molecule has 1 heterocycles. The van der Waals surface area contributed by atoms with Crippen molar-refractivity contribution in [3.05, 3.63) is 71.0 Å². The van der Waals surface area contributed by atoms with Crippen molar-refractivity contribution in [1.29, 1.82) is 10.8 Å². The third-order valence-electron chi connectivity index (χ3n) is 4.36. The van der Waals surface area contributed by atoms with Gasteiger partial charge in [0, 0.05) is 35.7 Å². The van der Waals surface area contributed by atoms with E-state index in [2.05, 4.69) is 17.4 Å². The first-order valence-corrected chi connectivity index (χ1v) is 7.46. The van der Waals surface area contributed by atoms with Crippen LogP contribution >= 0.6 is 0 Å². The summed E-state index contributed by atoms with van der Waals surface area (Å²) in [4.78, 5) is 0. The van der Waals surface area contributed by atoms with Gasteiger partial charge in [-0.3, -0.25) is 5.32 Å². The van der Waals surface area contributed by atoms with Crippen LogP contribution in [-0.4, -0.2) is 11.4 Å². The summed E-state index contributed by atoms with van der Waals surface area (Å²) < 4.78 is 6.17. The monoisotopic (exact) mass is 291 g/mol. The number of allylic oxidation sites excluding steroid dienone is 6. The highest BCUT2D eigenvalue weighted by Crippen LogP contribution is 2.35. The minimum Gasteiger partial charge on any atom is -0.469 e. The van der Waals surface area contributed by atoms with Gasteiger partial charge in [0.05, 0.1) is 5.71 Å². The van der Waals surface area contributed by atoms with Gasteiger partial charge in [0.2, 0.25) is 0 Å². The van der Waals surface area contributed by atoms with E-state index in [0.29, 0.717) is 23.6 Å². The number of hydrogen-bond acceptors (Lipinski definition) is 4. The molecule has 0 spiro atoms. The molecule has 0 radical (unpaired) electrons. The summed E-state index contributed by atoms with van der Waals surface area (Å²) in [5.74, 6) is 0.571. The quantitative estimate of drug-likeness (QED) is 0.783. The smallest absolute Gasteiger partial charge is 0.177 e. The number of ether oxygens (including phenoxy) is 1. The average Bonchev–Trinajstić information content (AvgIpc) is 2.95. The van der Waals surface area contributed by atoms with Gasteiger partial charge in [-0.2, -0.15) is 0 Å². The van der Waals surface area contributed by atoms with Gasteiger partial charge in [0.15, 0.2) is 6.23 Å². The van der Waals surface area contributed by atoms with E-state index in [-0.39, 0.29) is 12.1 Å². The predicted octanol–water partition coefficient (Wildman–Crippen LogP) is 3.24. The highest BCUT2D eigenvalue weighted by molar-refractivity contribution is 6.15. The normalized spacial score (nSPS) is 26.2. The minimum absolute atomic E-state index is 0.0502. The molecule has 0 bridgehead atoms. The van der Waals surface area contributed by atoms with E-state index < -0.39 is 0 Å². The molecule has 22 heavy (non-hydrogen) atoms. The zero-order chi connectivity index (χ0) is 15.1. The predicted molar refractivity (Wildman–Crippen MR) is 86.0 cm³/mol. The van der Waals surface area contributed by atoms with Crippen LogP contribution < -0.4 is 5.32 Å². The number of fused-ring (bicyclic) bond motifs is 2. The molecule has 1 aromatic rings. The third-order valence-corrected chi connectivity index (χ3v) is 4.36. The summed E-state index contributed by atoms with van der Waals surface area (Å²) >= 11 is 0. The van der Waals surface area contributed by atoms with E-state index in [9.17, 15) is 0 Å². The Morgan fingerprint density at radius 2 is 2.00 bits per heavy atom. The number of benzene rings is 1. The van der Waals surface area contributed by atoms with Crippen LogP contribution in [0, 0.1) is 16.7 Å². The molecule has 0 saturated carbocycles. The maximum absolute atomic E-state index is 8.24. The van der Waals surface area contributed by atoms with Gasteiger partial charge >= 0.3 is 0 Å². The summed E-state index contributed by atoms with van der Waals surface area (Å²) in [6.07, 6.45) is 8.00. The van der Waals surface area contributed by atoms with Gasteiger partial charge in [-0.25, -0.2) is 0 Å². The van der Waals surface area contributed by atoms with Crippen molar-refractivity contribution in [2.75, 3.05) is 0 Å². The Morgan fingerprint density at radius 1 is 1.14 bits per heavy atom. The van der Waals surface area contributed by atoms with Crippen LogP contribution in [0.4, 0.5) is 0 Å². The maximum atomic E-state index is 8.24. The van der Waals surface area contributed by atoms with E-state index in [4.69, 9.17) is 15.6 Å². The summed E-state index contributed by atoms with van der Waals surface area (Å²) in [5.41, 5.74) is 4.25. The van der Waals surface area contributed by atoms with E-state index in [1.807, 2.05) is 36.4 Å². The number of nitrogens with one attached hydrogen (secondary N) is 3. The Hall–Kier alpha value is -2.46. The molecule has 0 saturated heterocycles. The molecule has 0 fully saturated rings. The first-order chi connectivity index (χ1) is 10.7. The largest absolute Gasteiger partial charge is 0.469 e. The summed E-state index contributed by atoms with van der Waals surface area (Å²) in [6, 6.07) is 8.19. The van der Waals surface area contributed by atoms with Crippen LogP contribution in [0.3, 0.4) is 0 Å². The van der Waals surface area contributed by atoms with Gasteiger partial charge in [0.1, 0.15) is 5.76 Å². The molecule has 2 aliphatic carbocycles. The molecule has 2 unspecified atom stereocenters. The van der Waals surface area contributed by atoms with Crippen LogP contribution in [0.1, 0.15) is 23.8 Å². The lowest BCUT2D eigenvalue weighted by atomic mass is 9.81. The topological polar surface area (TPSA) is 69.0 Å². The Labute approximate surface area is 129 Å². The SMILES string of the molecule is N=C1CC(=N)C2C=CC=CC2=C1OC1NCc2ccccc21. The fourth-order valence-corrected chi connectivity index (χ4v) is 3.24. The molecular weight excluding hydrogens is 274 g/mol. The molecule has 0 aromatic heterocycles. The summed E-state index contributed by atoms with van der Waals surface area (Å²) in [7, 11) is 0. The minimum atomic E-state index is -0.216. The van der Waals surface area contributed by atoms with Gasteiger partial charge in [-0.05, 0) is 5.56 Å². The van der Waals surface area contributed by atoms with Crippen molar-refractivity contribution in [3.8, 4) is 0 Å². The van der Waals surface area contributed by atoms with E-state index in [1.54, 1.807) is 0 Å². The van der Waals surface area contributed by atoms with Crippen LogP contribution in [0.5, 0.6) is 0 Å². The second-order valence-electron chi connectivity index (χ2n) is 5.76. The molecule has 4 heteroatoms. The third kappa shape index (κ3) is 2.04. The molecule has 1 aliphatic heterocycles. The summed E-state index contributed by atoms with van der Waals surface area (Å²) in [6.45, 7) is 0.784. The fourth-order valence-electron chi connectivity index (χ4n) is 3.24. The molecule has 0 amide bonds. The highest BCUT2D eigenvalue weighted by atomic mass is 16.5. The van der Waals surface area contributed by atoms with Gasteiger partial charge < -0.3 is 15.6 Å². The molecule has 2 atom stereocenters. The lowest BCUT2D eigenvalue weighted by molar-refractivity contribution is 0.106. The van der Waals surface area contributed by atoms with E-state index in [1.165, 1.54) is 5.56 Å². The standard InChI is InChI=1S/C18H17N3O/c19-15-9-16(20)17(14-8-4-3-7-13(14)15)22-18-12-6-2-1-5-11(12)10-21-18/h1-8,13,18-21H,9-10H2. The number of hydrogen-bond donors (Lipinski definition) is 3. The zero-order valence-corrected chi connectivity index (χ0v) is 12.1. The van der Waals surface area contributed by atoms with Gasteiger partial charge in [-0.15, -0.1) is 0 Å². The molecule has 110 valence electrons. The van der Waals surface area contributed by atoms with Crippen molar-refractivity contribution < 1.29 is 4.74 Å². The van der Waals surface area contributed by atoms with Crippen molar-refractivity contribution in [2.24, 2.45) is 5.92 Å². The lowest BCUT2D eigenvalue weighted by Gasteiger charge is -2.29. The highest BCUT2D eigenvalue weighted by Gasteiger charge is 2.33. The van der Waals surface area contributed by atoms with Gasteiger partial charge in [-0.1, -0.05) is 48.6 Å². The van der Waals surface area contributed by atoms with Crippen molar-refractivity contribution in [3.63, 3.8) is 0 Å². The first-order valence-electron chi connectivity index (χ1n) is 7.46. The zero-order valence-electron chi connectivity index (χ0n) is 12.1. The molecule has 1 aromatic carbocycles. The average molecular weight is 291 g/mol. The lowest BCUT2D eigenvalue weighted by Crippen LogP contribution is -2.30. The molecule has 4 rings (SSSR count). The summed E-state index contributed by atoms with van der Waals surface area (Å²) in [5, 5.41) is 19.7. The second-order valence-corrected chi connectivity index (χ2v) is 5.76. The Kier molecular flexibility index (Phi) is 3.05.